The molecule has 9 heteroatoms. The molecule has 0 aliphatic carbocycles. The van der Waals surface area contributed by atoms with Crippen molar-refractivity contribution in [3.8, 4) is 16.9 Å². The molecule has 0 fully saturated rings. The maximum Gasteiger partial charge on any atom is 0.342 e. The molecule has 1 N–H and O–H groups in total. The van der Waals surface area contributed by atoms with Crippen LogP contribution in [0.2, 0.25) is 0 Å². The third-order valence-electron chi connectivity index (χ3n) is 3.32. The van der Waals surface area contributed by atoms with E-state index in [1.54, 1.807) is 12.1 Å². The van der Waals surface area contributed by atoms with Gasteiger partial charge in [0.15, 0.2) is 14.7 Å². The lowest BCUT2D eigenvalue weighted by Crippen LogP contribution is -2.10. The Hall–Kier alpha value is -2.94. The van der Waals surface area contributed by atoms with E-state index >= 15 is 0 Å². The lowest BCUT2D eigenvalue weighted by atomic mass is 10.0. The van der Waals surface area contributed by atoms with Gasteiger partial charge in [0.2, 0.25) is 0 Å². The Labute approximate surface area is 137 Å². The van der Waals surface area contributed by atoms with Gasteiger partial charge in [-0.05, 0) is 23.8 Å². The number of nitrogens with zero attached hydrogens (tertiary/aromatic N) is 1. The van der Waals surface area contributed by atoms with Gasteiger partial charge in [-0.15, -0.1) is 0 Å². The maximum atomic E-state index is 12.1. The number of hydrogen-bond donors (Lipinski definition) is 1. The van der Waals surface area contributed by atoms with Crippen molar-refractivity contribution in [2.24, 2.45) is 0 Å². The molecule has 2 rings (SSSR count). The molecule has 126 valence electrons. The van der Waals surface area contributed by atoms with E-state index in [-0.39, 0.29) is 5.56 Å². The van der Waals surface area contributed by atoms with Crippen LogP contribution in [0.25, 0.3) is 11.1 Å². The molecule has 0 heterocycles. The number of aromatic carboxylic acids is 1. The molecule has 2 aromatic rings. The molecule has 0 atom stereocenters. The average molecular weight is 351 g/mol. The quantitative estimate of drug-likeness (QED) is 0.647. The number of benzene rings is 2. The summed E-state index contributed by atoms with van der Waals surface area (Å²) in [5.41, 5.74) is -1.19. The Morgan fingerprint density at radius 3 is 2.17 bits per heavy atom. The van der Waals surface area contributed by atoms with Crippen molar-refractivity contribution in [2.45, 2.75) is 4.90 Å². The van der Waals surface area contributed by atoms with Crippen LogP contribution in [0.15, 0.2) is 41.3 Å². The molecule has 0 bridgehead atoms. The zero-order valence-electron chi connectivity index (χ0n) is 12.7. The van der Waals surface area contributed by atoms with Crippen LogP contribution in [-0.2, 0) is 9.84 Å². The van der Waals surface area contributed by atoms with E-state index in [1.165, 1.54) is 25.3 Å². The number of carbonyl (C=O) groups is 1. The lowest BCUT2D eigenvalue weighted by molar-refractivity contribution is -0.388. The van der Waals surface area contributed by atoms with E-state index in [1.807, 2.05) is 0 Å². The molecule has 0 amide bonds. The van der Waals surface area contributed by atoms with Gasteiger partial charge in [-0.1, -0.05) is 18.2 Å². The Morgan fingerprint density at radius 2 is 1.75 bits per heavy atom. The first-order valence-electron chi connectivity index (χ1n) is 6.56. The lowest BCUT2D eigenvalue weighted by Gasteiger charge is -2.11. The van der Waals surface area contributed by atoms with Gasteiger partial charge in [-0.2, -0.15) is 0 Å². The van der Waals surface area contributed by atoms with Crippen molar-refractivity contribution in [1.82, 2.24) is 0 Å². The normalized spacial score (nSPS) is 11.1. The molecule has 0 saturated heterocycles. The number of hydrogen-bond acceptors (Lipinski definition) is 6. The first-order valence-corrected chi connectivity index (χ1v) is 8.45. The minimum Gasteiger partial charge on any atom is -0.497 e. The SMILES string of the molecule is COc1ccc(-c2ccc(C(=O)O)c([N+](=O)[O-])c2S(C)(=O)=O)cc1. The maximum absolute atomic E-state index is 12.1. The van der Waals surface area contributed by atoms with Gasteiger partial charge in [0, 0.05) is 11.8 Å². The second kappa shape index (κ2) is 6.28. The van der Waals surface area contributed by atoms with Gasteiger partial charge in [0.05, 0.1) is 12.0 Å². The summed E-state index contributed by atoms with van der Waals surface area (Å²) in [6.45, 7) is 0. The van der Waals surface area contributed by atoms with Crippen molar-refractivity contribution in [1.29, 1.82) is 0 Å². The number of carboxylic acid groups (broad SMARTS) is 1. The minimum absolute atomic E-state index is 0.0526. The summed E-state index contributed by atoms with van der Waals surface area (Å²) >= 11 is 0. The highest BCUT2D eigenvalue weighted by Gasteiger charge is 2.33. The van der Waals surface area contributed by atoms with Crippen LogP contribution in [0.5, 0.6) is 5.75 Å². The third kappa shape index (κ3) is 3.20. The van der Waals surface area contributed by atoms with Gasteiger partial charge < -0.3 is 9.84 Å². The number of sulfone groups is 1. The number of ether oxygens (including phenoxy) is 1. The summed E-state index contributed by atoms with van der Waals surface area (Å²) in [4.78, 5) is 20.9. The average Bonchev–Trinajstić information content (AvgIpc) is 2.52. The number of nitro benzene ring substituents is 1. The van der Waals surface area contributed by atoms with Crippen molar-refractivity contribution >= 4 is 21.5 Å². The summed E-state index contributed by atoms with van der Waals surface area (Å²) in [6, 6.07) is 8.47. The van der Waals surface area contributed by atoms with Crippen LogP contribution in [0.1, 0.15) is 10.4 Å². The van der Waals surface area contributed by atoms with Gasteiger partial charge >= 0.3 is 11.7 Å². The fraction of sp³-hybridized carbons (Fsp3) is 0.133. The summed E-state index contributed by atoms with van der Waals surface area (Å²) < 4.78 is 29.3. The van der Waals surface area contributed by atoms with E-state index in [9.17, 15) is 23.3 Å². The third-order valence-corrected chi connectivity index (χ3v) is 4.47. The molecule has 0 aliphatic rings. The molecule has 0 radical (unpaired) electrons. The summed E-state index contributed by atoms with van der Waals surface area (Å²) in [7, 11) is -2.60. The predicted molar refractivity (Wildman–Crippen MR) is 85.2 cm³/mol. The molecular weight excluding hydrogens is 338 g/mol. The van der Waals surface area contributed by atoms with Crippen molar-refractivity contribution in [3.05, 3.63) is 52.1 Å². The van der Waals surface area contributed by atoms with E-state index in [0.29, 0.717) is 11.3 Å². The second-order valence-corrected chi connectivity index (χ2v) is 6.85. The van der Waals surface area contributed by atoms with E-state index in [4.69, 9.17) is 9.84 Å². The van der Waals surface area contributed by atoms with E-state index < -0.39 is 36.9 Å². The fourth-order valence-corrected chi connectivity index (χ4v) is 3.42. The van der Waals surface area contributed by atoms with Gasteiger partial charge in [-0.25, -0.2) is 13.2 Å². The van der Waals surface area contributed by atoms with Crippen molar-refractivity contribution in [3.63, 3.8) is 0 Å². The smallest absolute Gasteiger partial charge is 0.342 e. The van der Waals surface area contributed by atoms with E-state index in [2.05, 4.69) is 0 Å². The fourth-order valence-electron chi connectivity index (χ4n) is 2.30. The van der Waals surface area contributed by atoms with Crippen LogP contribution >= 0.6 is 0 Å². The summed E-state index contributed by atoms with van der Waals surface area (Å²) in [5, 5.41) is 20.5. The number of methoxy groups -OCH3 is 1. The van der Waals surface area contributed by atoms with Crippen LogP contribution in [0.4, 0.5) is 5.69 Å². The zero-order valence-corrected chi connectivity index (χ0v) is 13.5. The first-order chi connectivity index (χ1) is 11.2. The Kier molecular flexibility index (Phi) is 4.56. The molecule has 0 aliphatic heterocycles. The van der Waals surface area contributed by atoms with E-state index in [0.717, 1.165) is 12.3 Å². The van der Waals surface area contributed by atoms with Crippen molar-refractivity contribution < 1.29 is 28.0 Å². The molecule has 8 nitrogen and oxygen atoms in total. The standard InChI is InChI=1S/C15H13NO7S/c1-23-10-5-3-9(4-6-10)11-7-8-12(15(17)18)13(16(19)20)14(11)24(2,21)22/h3-8H,1-2H3,(H,17,18). The first kappa shape index (κ1) is 17.4. The highest BCUT2D eigenvalue weighted by molar-refractivity contribution is 7.91. The Morgan fingerprint density at radius 1 is 1.17 bits per heavy atom. The van der Waals surface area contributed by atoms with Gasteiger partial charge in [0.25, 0.3) is 0 Å². The minimum atomic E-state index is -4.07. The van der Waals surface area contributed by atoms with Crippen LogP contribution in [0, 0.1) is 10.1 Å². The van der Waals surface area contributed by atoms with Crippen LogP contribution in [-0.4, -0.2) is 37.8 Å². The molecule has 0 aromatic heterocycles. The molecule has 24 heavy (non-hydrogen) atoms. The monoisotopic (exact) mass is 351 g/mol. The molecule has 2 aromatic carbocycles. The Bertz CT molecular complexity index is 918. The van der Waals surface area contributed by atoms with Crippen LogP contribution < -0.4 is 4.74 Å². The van der Waals surface area contributed by atoms with Gasteiger partial charge in [-0.3, -0.25) is 10.1 Å². The zero-order chi connectivity index (χ0) is 18.1. The summed E-state index contributed by atoms with van der Waals surface area (Å²) in [6.07, 6.45) is 0.800. The highest BCUT2D eigenvalue weighted by atomic mass is 32.2. The largest absolute Gasteiger partial charge is 0.497 e. The predicted octanol–water partition coefficient (Wildman–Crippen LogP) is 2.37. The van der Waals surface area contributed by atoms with Crippen LogP contribution in [0.3, 0.4) is 0 Å². The van der Waals surface area contributed by atoms with Gasteiger partial charge in [0.1, 0.15) is 11.3 Å². The summed E-state index contributed by atoms with van der Waals surface area (Å²) in [5.74, 6) is -1.05. The second-order valence-electron chi connectivity index (χ2n) is 4.90. The highest BCUT2D eigenvalue weighted by Crippen LogP contribution is 2.37. The Balaban J connectivity index is 2.88. The van der Waals surface area contributed by atoms with Crippen molar-refractivity contribution in [2.75, 3.05) is 13.4 Å². The topological polar surface area (TPSA) is 124 Å². The number of nitro groups is 1. The molecule has 0 unspecified atom stereocenters. The molecule has 0 saturated carbocycles. The molecule has 0 spiro atoms. The number of carboxylic acids is 1. The molecular formula is C15H13NO7S. The number of rotatable bonds is 5.